The first-order valence-corrected chi connectivity index (χ1v) is 9.32. The van der Waals surface area contributed by atoms with Crippen LogP contribution in [0.5, 0.6) is 0 Å². The molecule has 0 unspecified atom stereocenters. The van der Waals surface area contributed by atoms with Crippen LogP contribution >= 0.6 is 0 Å². The van der Waals surface area contributed by atoms with E-state index in [2.05, 4.69) is 10.3 Å². The molecule has 0 atom stereocenters. The first kappa shape index (κ1) is 16.9. The summed E-state index contributed by atoms with van der Waals surface area (Å²) < 4.78 is 25.8. The molecule has 0 saturated carbocycles. The molecule has 7 heteroatoms. The van der Waals surface area contributed by atoms with Crippen molar-refractivity contribution in [2.45, 2.75) is 38.6 Å². The average Bonchev–Trinajstić information content (AvgIpc) is 2.54. The smallest absolute Gasteiger partial charge is 0.253 e. The van der Waals surface area contributed by atoms with Crippen molar-refractivity contribution in [3.05, 3.63) is 30.1 Å². The number of amides is 1. The van der Waals surface area contributed by atoms with E-state index in [1.54, 1.807) is 22.6 Å². The Morgan fingerprint density at radius 1 is 1.41 bits per heavy atom. The third-order valence-corrected chi connectivity index (χ3v) is 5.82. The first-order chi connectivity index (χ1) is 10.5. The van der Waals surface area contributed by atoms with Gasteiger partial charge in [0.1, 0.15) is 0 Å². The van der Waals surface area contributed by atoms with Gasteiger partial charge < -0.3 is 5.32 Å². The maximum Gasteiger partial charge on any atom is 0.253 e. The van der Waals surface area contributed by atoms with Crippen LogP contribution in [-0.2, 0) is 10.0 Å². The van der Waals surface area contributed by atoms with Gasteiger partial charge in [-0.05, 0) is 31.4 Å². The van der Waals surface area contributed by atoms with Gasteiger partial charge in [0.05, 0.1) is 11.3 Å². The standard InChI is InChI=1S/C15H23N3O3S/c1-2-3-11-22(20,21)18-9-6-14(7-10-18)17-15(19)13-5-4-8-16-12-13/h4-5,8,12,14H,2-3,6-7,9-11H2,1H3,(H,17,19). The summed E-state index contributed by atoms with van der Waals surface area (Å²) in [5, 5.41) is 2.95. The van der Waals surface area contributed by atoms with Crippen LogP contribution in [0.25, 0.3) is 0 Å². The summed E-state index contributed by atoms with van der Waals surface area (Å²) in [6, 6.07) is 3.45. The van der Waals surface area contributed by atoms with E-state index in [1.165, 1.54) is 6.20 Å². The van der Waals surface area contributed by atoms with Crippen LogP contribution in [0.3, 0.4) is 0 Å². The van der Waals surface area contributed by atoms with Gasteiger partial charge in [-0.2, -0.15) is 0 Å². The normalized spacial score (nSPS) is 17.3. The topological polar surface area (TPSA) is 79.4 Å². The second-order valence-corrected chi connectivity index (χ2v) is 7.65. The van der Waals surface area contributed by atoms with E-state index in [9.17, 15) is 13.2 Å². The van der Waals surface area contributed by atoms with E-state index >= 15 is 0 Å². The van der Waals surface area contributed by atoms with Crippen LogP contribution < -0.4 is 5.32 Å². The van der Waals surface area contributed by atoms with Crippen molar-refractivity contribution in [3.8, 4) is 0 Å². The quantitative estimate of drug-likeness (QED) is 0.857. The largest absolute Gasteiger partial charge is 0.349 e. The number of pyridine rings is 1. The monoisotopic (exact) mass is 325 g/mol. The number of nitrogens with zero attached hydrogens (tertiary/aromatic N) is 2. The summed E-state index contributed by atoms with van der Waals surface area (Å²) in [6.45, 7) is 2.93. The lowest BCUT2D eigenvalue weighted by Crippen LogP contribution is -2.47. The zero-order valence-electron chi connectivity index (χ0n) is 12.9. The molecule has 1 aromatic heterocycles. The number of hydrogen-bond acceptors (Lipinski definition) is 4. The zero-order chi connectivity index (χ0) is 16.0. The number of hydrogen-bond donors (Lipinski definition) is 1. The molecule has 2 rings (SSSR count). The molecule has 0 aromatic carbocycles. The molecule has 1 amide bonds. The van der Waals surface area contributed by atoms with E-state index in [-0.39, 0.29) is 17.7 Å². The van der Waals surface area contributed by atoms with Crippen molar-refractivity contribution >= 4 is 15.9 Å². The Bertz CT molecular complexity index is 581. The molecule has 0 aliphatic carbocycles. The maximum absolute atomic E-state index is 12.1. The number of sulfonamides is 1. The van der Waals surface area contributed by atoms with Crippen molar-refractivity contribution in [1.82, 2.24) is 14.6 Å². The number of rotatable bonds is 6. The minimum absolute atomic E-state index is 0.0188. The molecule has 0 radical (unpaired) electrons. The highest BCUT2D eigenvalue weighted by Crippen LogP contribution is 2.16. The van der Waals surface area contributed by atoms with Gasteiger partial charge in [0.25, 0.3) is 5.91 Å². The van der Waals surface area contributed by atoms with Crippen molar-refractivity contribution in [1.29, 1.82) is 0 Å². The molecule has 0 bridgehead atoms. The number of unbranched alkanes of at least 4 members (excludes halogenated alkanes) is 1. The summed E-state index contributed by atoms with van der Waals surface area (Å²) in [7, 11) is -3.14. The van der Waals surface area contributed by atoms with E-state index in [1.807, 2.05) is 6.92 Å². The minimum Gasteiger partial charge on any atom is -0.349 e. The van der Waals surface area contributed by atoms with Crippen molar-refractivity contribution in [3.63, 3.8) is 0 Å². The van der Waals surface area contributed by atoms with E-state index in [0.29, 0.717) is 37.9 Å². The van der Waals surface area contributed by atoms with Gasteiger partial charge in [0.2, 0.25) is 10.0 Å². The number of carbonyl (C=O) groups is 1. The number of piperidine rings is 1. The molecular formula is C15H23N3O3S. The van der Waals surface area contributed by atoms with Gasteiger partial charge in [-0.15, -0.1) is 0 Å². The Hall–Kier alpha value is -1.47. The van der Waals surface area contributed by atoms with E-state index in [0.717, 1.165) is 6.42 Å². The Balaban J connectivity index is 1.84. The fourth-order valence-corrected chi connectivity index (χ4v) is 4.18. The van der Waals surface area contributed by atoms with Crippen LogP contribution in [0.1, 0.15) is 43.0 Å². The molecule has 1 fully saturated rings. The lowest BCUT2D eigenvalue weighted by atomic mass is 10.1. The zero-order valence-corrected chi connectivity index (χ0v) is 13.7. The lowest BCUT2D eigenvalue weighted by molar-refractivity contribution is 0.0923. The molecule has 1 aliphatic rings. The predicted molar refractivity (Wildman–Crippen MR) is 85.0 cm³/mol. The number of carbonyl (C=O) groups excluding carboxylic acids is 1. The van der Waals surface area contributed by atoms with Gasteiger partial charge >= 0.3 is 0 Å². The summed E-state index contributed by atoms with van der Waals surface area (Å²) in [5.41, 5.74) is 0.528. The fourth-order valence-electron chi connectivity index (χ4n) is 2.50. The molecule has 1 aliphatic heterocycles. The predicted octanol–water partition coefficient (Wildman–Crippen LogP) is 1.41. The van der Waals surface area contributed by atoms with E-state index < -0.39 is 10.0 Å². The molecular weight excluding hydrogens is 302 g/mol. The summed E-state index contributed by atoms with van der Waals surface area (Å²) in [5.74, 6) is 0.0660. The Morgan fingerprint density at radius 2 is 2.14 bits per heavy atom. The first-order valence-electron chi connectivity index (χ1n) is 7.71. The van der Waals surface area contributed by atoms with Gasteiger partial charge in [0.15, 0.2) is 0 Å². The second kappa shape index (κ2) is 7.69. The second-order valence-electron chi connectivity index (χ2n) is 5.56. The van der Waals surface area contributed by atoms with Crippen LogP contribution in [0.4, 0.5) is 0 Å². The Labute approximate surface area is 132 Å². The highest BCUT2D eigenvalue weighted by molar-refractivity contribution is 7.89. The minimum atomic E-state index is -3.14. The fraction of sp³-hybridized carbons (Fsp3) is 0.600. The third-order valence-electron chi connectivity index (χ3n) is 3.86. The molecule has 1 N–H and O–H groups in total. The molecule has 122 valence electrons. The maximum atomic E-state index is 12.1. The number of nitrogens with one attached hydrogen (secondary N) is 1. The number of aromatic nitrogens is 1. The molecule has 0 spiro atoms. The summed E-state index contributed by atoms with van der Waals surface area (Å²) in [6.07, 6.45) is 6.02. The van der Waals surface area contributed by atoms with Crippen LogP contribution in [-0.4, -0.2) is 48.5 Å². The van der Waals surface area contributed by atoms with Crippen LogP contribution in [0, 0.1) is 0 Å². The third kappa shape index (κ3) is 4.51. The van der Waals surface area contributed by atoms with Gasteiger partial charge in [-0.1, -0.05) is 13.3 Å². The summed E-state index contributed by atoms with van der Waals surface area (Å²) in [4.78, 5) is 16.0. The van der Waals surface area contributed by atoms with E-state index in [4.69, 9.17) is 0 Å². The molecule has 1 saturated heterocycles. The van der Waals surface area contributed by atoms with Crippen LogP contribution in [0.15, 0.2) is 24.5 Å². The van der Waals surface area contributed by atoms with Crippen LogP contribution in [0.2, 0.25) is 0 Å². The highest BCUT2D eigenvalue weighted by atomic mass is 32.2. The van der Waals surface area contributed by atoms with Gasteiger partial charge in [-0.3, -0.25) is 9.78 Å². The molecule has 1 aromatic rings. The van der Waals surface area contributed by atoms with Gasteiger partial charge in [-0.25, -0.2) is 12.7 Å². The SMILES string of the molecule is CCCCS(=O)(=O)N1CCC(NC(=O)c2cccnc2)CC1. The molecule has 2 heterocycles. The van der Waals surface area contributed by atoms with Crippen molar-refractivity contribution in [2.24, 2.45) is 0 Å². The summed E-state index contributed by atoms with van der Waals surface area (Å²) >= 11 is 0. The Kier molecular flexibility index (Phi) is 5.90. The Morgan fingerprint density at radius 3 is 2.73 bits per heavy atom. The molecule has 6 nitrogen and oxygen atoms in total. The van der Waals surface area contributed by atoms with Crippen molar-refractivity contribution < 1.29 is 13.2 Å². The highest BCUT2D eigenvalue weighted by Gasteiger charge is 2.28. The lowest BCUT2D eigenvalue weighted by Gasteiger charge is -2.31. The average molecular weight is 325 g/mol. The molecule has 22 heavy (non-hydrogen) atoms. The van der Waals surface area contributed by atoms with Crippen molar-refractivity contribution in [2.75, 3.05) is 18.8 Å². The van der Waals surface area contributed by atoms with Gasteiger partial charge in [0, 0.05) is 31.5 Å².